The Balaban J connectivity index is 2.16. The minimum atomic E-state index is 1.08. The van der Waals surface area contributed by atoms with Crippen LogP contribution in [-0.2, 0) is 6.42 Å². The molecular weight excluding hydrogens is 208 g/mol. The average molecular weight is 224 g/mol. The zero-order chi connectivity index (χ0) is 11.7. The Morgan fingerprint density at radius 3 is 2.88 bits per heavy atom. The highest BCUT2D eigenvalue weighted by atomic mass is 14.8. The van der Waals surface area contributed by atoms with Crippen LogP contribution in [0.25, 0.3) is 21.8 Å². The Labute approximate surface area is 101 Å². The van der Waals surface area contributed by atoms with E-state index in [-0.39, 0.29) is 0 Å². The van der Waals surface area contributed by atoms with Gasteiger partial charge in [-0.05, 0) is 25.0 Å². The molecule has 0 radical (unpaired) electrons. The highest BCUT2D eigenvalue weighted by molar-refractivity contribution is 6.06. The fourth-order valence-electron chi connectivity index (χ4n) is 2.29. The molecular formula is C15H16N2. The van der Waals surface area contributed by atoms with Crippen LogP contribution in [0.4, 0.5) is 0 Å². The lowest BCUT2D eigenvalue weighted by atomic mass is 10.1. The molecule has 0 aliphatic rings. The molecule has 1 N–H and O–H groups in total. The first-order valence-electron chi connectivity index (χ1n) is 6.24. The first-order chi connectivity index (χ1) is 8.38. The summed E-state index contributed by atoms with van der Waals surface area (Å²) in [6.07, 6.45) is 5.46. The van der Waals surface area contributed by atoms with Crippen molar-refractivity contribution in [1.29, 1.82) is 0 Å². The normalized spacial score (nSPS) is 11.4. The molecule has 2 nitrogen and oxygen atoms in total. The summed E-state index contributed by atoms with van der Waals surface area (Å²) in [5.41, 5.74) is 3.52. The van der Waals surface area contributed by atoms with Crippen molar-refractivity contribution >= 4 is 21.8 Å². The molecule has 0 unspecified atom stereocenters. The molecule has 3 aromatic rings. The Morgan fingerprint density at radius 1 is 1.12 bits per heavy atom. The third-order valence-corrected chi connectivity index (χ3v) is 3.23. The quantitative estimate of drug-likeness (QED) is 0.714. The number of aromatic nitrogens is 2. The van der Waals surface area contributed by atoms with Crippen molar-refractivity contribution in [2.75, 3.05) is 0 Å². The average Bonchev–Trinajstić information content (AvgIpc) is 2.74. The van der Waals surface area contributed by atoms with E-state index in [9.17, 15) is 0 Å². The molecule has 2 aromatic heterocycles. The van der Waals surface area contributed by atoms with Crippen molar-refractivity contribution < 1.29 is 0 Å². The predicted molar refractivity (Wildman–Crippen MR) is 72.2 cm³/mol. The smallest absolute Gasteiger partial charge is 0.0651 e. The Morgan fingerprint density at radius 2 is 2.00 bits per heavy atom. The van der Waals surface area contributed by atoms with Crippen molar-refractivity contribution in [3.8, 4) is 0 Å². The molecule has 0 spiro atoms. The van der Waals surface area contributed by atoms with E-state index < -0.39 is 0 Å². The number of nitrogens with zero attached hydrogens (tertiary/aromatic N) is 1. The Hall–Kier alpha value is -1.83. The van der Waals surface area contributed by atoms with Gasteiger partial charge in [0.1, 0.15) is 0 Å². The van der Waals surface area contributed by atoms with Crippen LogP contribution in [0, 0.1) is 0 Å². The van der Waals surface area contributed by atoms with Crippen molar-refractivity contribution in [3.63, 3.8) is 0 Å². The molecule has 1 aromatic carbocycles. The number of para-hydroxylation sites is 1. The van der Waals surface area contributed by atoms with E-state index in [1.165, 1.54) is 34.8 Å². The SMILES string of the molecule is CCCCc1cc2c(cn1)[nH]c1ccccc12. The topological polar surface area (TPSA) is 28.7 Å². The van der Waals surface area contributed by atoms with Gasteiger partial charge in [-0.3, -0.25) is 4.98 Å². The van der Waals surface area contributed by atoms with Crippen molar-refractivity contribution in [2.45, 2.75) is 26.2 Å². The first kappa shape index (κ1) is 10.3. The Bertz CT molecular complexity index is 652. The fraction of sp³-hybridized carbons (Fsp3) is 0.267. The van der Waals surface area contributed by atoms with Gasteiger partial charge in [0, 0.05) is 22.0 Å². The lowest BCUT2D eigenvalue weighted by Crippen LogP contribution is -1.88. The minimum Gasteiger partial charge on any atom is -0.353 e. The van der Waals surface area contributed by atoms with E-state index in [0.29, 0.717) is 0 Å². The zero-order valence-electron chi connectivity index (χ0n) is 10.0. The van der Waals surface area contributed by atoms with E-state index in [1.54, 1.807) is 0 Å². The van der Waals surface area contributed by atoms with Gasteiger partial charge in [-0.2, -0.15) is 0 Å². The minimum absolute atomic E-state index is 1.08. The Kier molecular flexibility index (Phi) is 2.56. The van der Waals surface area contributed by atoms with Gasteiger partial charge in [0.15, 0.2) is 0 Å². The van der Waals surface area contributed by atoms with E-state index in [1.807, 2.05) is 6.20 Å². The molecule has 0 saturated carbocycles. The second-order valence-electron chi connectivity index (χ2n) is 4.50. The highest BCUT2D eigenvalue weighted by Crippen LogP contribution is 2.25. The maximum absolute atomic E-state index is 4.51. The molecule has 0 saturated heterocycles. The number of unbranched alkanes of at least 4 members (excludes halogenated alkanes) is 1. The van der Waals surface area contributed by atoms with E-state index in [4.69, 9.17) is 0 Å². The van der Waals surface area contributed by atoms with Crippen LogP contribution in [0.5, 0.6) is 0 Å². The number of hydrogen-bond donors (Lipinski definition) is 1. The molecule has 2 heterocycles. The van der Waals surface area contributed by atoms with Gasteiger partial charge in [-0.1, -0.05) is 31.5 Å². The number of pyridine rings is 1. The van der Waals surface area contributed by atoms with Crippen LogP contribution in [0.2, 0.25) is 0 Å². The van der Waals surface area contributed by atoms with Gasteiger partial charge in [0.25, 0.3) is 0 Å². The van der Waals surface area contributed by atoms with Gasteiger partial charge in [-0.25, -0.2) is 0 Å². The summed E-state index contributed by atoms with van der Waals surface area (Å²) in [7, 11) is 0. The molecule has 0 bridgehead atoms. The summed E-state index contributed by atoms with van der Waals surface area (Å²) in [6.45, 7) is 2.21. The second-order valence-corrected chi connectivity index (χ2v) is 4.50. The number of fused-ring (bicyclic) bond motifs is 3. The largest absolute Gasteiger partial charge is 0.353 e. The van der Waals surface area contributed by atoms with E-state index in [2.05, 4.69) is 47.2 Å². The number of aryl methyl sites for hydroxylation is 1. The van der Waals surface area contributed by atoms with Gasteiger partial charge in [0.2, 0.25) is 0 Å². The van der Waals surface area contributed by atoms with E-state index in [0.717, 1.165) is 11.9 Å². The van der Waals surface area contributed by atoms with Gasteiger partial charge in [-0.15, -0.1) is 0 Å². The summed E-state index contributed by atoms with van der Waals surface area (Å²) in [5, 5.41) is 2.59. The molecule has 86 valence electrons. The van der Waals surface area contributed by atoms with Crippen LogP contribution in [0.1, 0.15) is 25.5 Å². The number of rotatable bonds is 3. The lowest BCUT2D eigenvalue weighted by Gasteiger charge is -1.99. The number of benzene rings is 1. The van der Waals surface area contributed by atoms with Crippen molar-refractivity contribution in [1.82, 2.24) is 9.97 Å². The third kappa shape index (κ3) is 1.80. The number of hydrogen-bond acceptors (Lipinski definition) is 1. The van der Waals surface area contributed by atoms with Crippen LogP contribution < -0.4 is 0 Å². The highest BCUT2D eigenvalue weighted by Gasteiger charge is 2.04. The molecule has 0 fully saturated rings. The summed E-state index contributed by atoms with van der Waals surface area (Å²) < 4.78 is 0. The summed E-state index contributed by atoms with van der Waals surface area (Å²) in [5.74, 6) is 0. The summed E-state index contributed by atoms with van der Waals surface area (Å²) in [4.78, 5) is 7.91. The van der Waals surface area contributed by atoms with Crippen molar-refractivity contribution in [3.05, 3.63) is 42.2 Å². The standard InChI is InChI=1S/C15H16N2/c1-2-3-6-11-9-13-12-7-4-5-8-14(12)17-15(13)10-16-11/h4-5,7-10,17H,2-3,6H2,1H3. The molecule has 2 heteroatoms. The second kappa shape index (κ2) is 4.21. The van der Waals surface area contributed by atoms with Crippen LogP contribution in [-0.4, -0.2) is 9.97 Å². The first-order valence-corrected chi connectivity index (χ1v) is 6.24. The van der Waals surface area contributed by atoms with Crippen LogP contribution in [0.15, 0.2) is 36.5 Å². The summed E-state index contributed by atoms with van der Waals surface area (Å²) >= 11 is 0. The molecule has 0 aliphatic heterocycles. The number of aromatic amines is 1. The van der Waals surface area contributed by atoms with Gasteiger partial charge >= 0.3 is 0 Å². The fourth-order valence-corrected chi connectivity index (χ4v) is 2.29. The van der Waals surface area contributed by atoms with E-state index >= 15 is 0 Å². The molecule has 0 aliphatic carbocycles. The number of nitrogens with one attached hydrogen (secondary N) is 1. The summed E-state index contributed by atoms with van der Waals surface area (Å²) in [6, 6.07) is 10.6. The maximum atomic E-state index is 4.51. The monoisotopic (exact) mass is 224 g/mol. The maximum Gasteiger partial charge on any atom is 0.0651 e. The zero-order valence-corrected chi connectivity index (χ0v) is 10.0. The molecule has 0 atom stereocenters. The molecule has 17 heavy (non-hydrogen) atoms. The van der Waals surface area contributed by atoms with Gasteiger partial charge < -0.3 is 4.98 Å². The van der Waals surface area contributed by atoms with Crippen LogP contribution >= 0.6 is 0 Å². The molecule has 3 rings (SSSR count). The third-order valence-electron chi connectivity index (χ3n) is 3.23. The lowest BCUT2D eigenvalue weighted by molar-refractivity contribution is 0.778. The van der Waals surface area contributed by atoms with Gasteiger partial charge in [0.05, 0.1) is 11.7 Å². The predicted octanol–water partition coefficient (Wildman–Crippen LogP) is 4.06. The molecule has 0 amide bonds. The van der Waals surface area contributed by atoms with Crippen LogP contribution in [0.3, 0.4) is 0 Å². The van der Waals surface area contributed by atoms with Crippen molar-refractivity contribution in [2.24, 2.45) is 0 Å². The number of H-pyrrole nitrogens is 1.